The van der Waals surface area contributed by atoms with Gasteiger partial charge in [-0.2, -0.15) is 0 Å². The predicted molar refractivity (Wildman–Crippen MR) is 83.7 cm³/mol. The molecule has 1 atom stereocenters. The zero-order valence-corrected chi connectivity index (χ0v) is 12.9. The first kappa shape index (κ1) is 14.9. The summed E-state index contributed by atoms with van der Waals surface area (Å²) in [6, 6.07) is 5.59. The Morgan fingerprint density at radius 3 is 2.90 bits per heavy atom. The molecule has 1 amide bonds. The van der Waals surface area contributed by atoms with Gasteiger partial charge in [-0.25, -0.2) is 0 Å². The summed E-state index contributed by atoms with van der Waals surface area (Å²) in [4.78, 5) is 14.7. The van der Waals surface area contributed by atoms with Crippen molar-refractivity contribution in [2.24, 2.45) is 5.41 Å². The third-order valence-electron chi connectivity index (χ3n) is 4.41. The van der Waals surface area contributed by atoms with Gasteiger partial charge < -0.3 is 10.6 Å². The van der Waals surface area contributed by atoms with Gasteiger partial charge in [-0.05, 0) is 49.3 Å². The van der Waals surface area contributed by atoms with Gasteiger partial charge in [-0.3, -0.25) is 4.79 Å². The Kier molecular flexibility index (Phi) is 4.36. The molecule has 20 heavy (non-hydrogen) atoms. The van der Waals surface area contributed by atoms with E-state index in [2.05, 4.69) is 13.8 Å². The summed E-state index contributed by atoms with van der Waals surface area (Å²) in [5.74, 6) is 0.136. The molecular formula is C17H26N2O. The number of hydrogen-bond donors (Lipinski definition) is 1. The highest BCUT2D eigenvalue weighted by Gasteiger charge is 2.32. The van der Waals surface area contributed by atoms with Gasteiger partial charge in [0.05, 0.1) is 0 Å². The molecular weight excluding hydrogens is 248 g/mol. The van der Waals surface area contributed by atoms with E-state index in [0.29, 0.717) is 5.69 Å². The Morgan fingerprint density at radius 1 is 1.45 bits per heavy atom. The van der Waals surface area contributed by atoms with Gasteiger partial charge in [0.25, 0.3) is 5.91 Å². The van der Waals surface area contributed by atoms with Gasteiger partial charge in [0.15, 0.2) is 0 Å². The van der Waals surface area contributed by atoms with Crippen molar-refractivity contribution in [1.82, 2.24) is 4.90 Å². The number of aryl methyl sites for hydroxylation is 1. The number of carbonyl (C=O) groups excluding carboxylic acids is 1. The molecule has 2 rings (SSSR count). The number of nitrogens with two attached hydrogens (primary N) is 1. The molecule has 0 spiro atoms. The second-order valence-corrected chi connectivity index (χ2v) is 6.47. The minimum Gasteiger partial charge on any atom is -0.399 e. The number of carbonyl (C=O) groups is 1. The summed E-state index contributed by atoms with van der Waals surface area (Å²) >= 11 is 0. The van der Waals surface area contributed by atoms with E-state index in [4.69, 9.17) is 5.73 Å². The first-order chi connectivity index (χ1) is 9.45. The zero-order valence-electron chi connectivity index (χ0n) is 12.9. The monoisotopic (exact) mass is 274 g/mol. The Balaban J connectivity index is 2.18. The van der Waals surface area contributed by atoms with Crippen molar-refractivity contribution in [2.45, 2.75) is 46.5 Å². The highest BCUT2D eigenvalue weighted by atomic mass is 16.2. The minimum absolute atomic E-state index is 0.136. The number of nitrogens with zero attached hydrogens (tertiary/aromatic N) is 1. The molecule has 110 valence electrons. The Labute approximate surface area is 122 Å². The molecule has 1 aliphatic rings. The van der Waals surface area contributed by atoms with Crippen molar-refractivity contribution in [3.63, 3.8) is 0 Å². The molecule has 0 bridgehead atoms. The number of benzene rings is 1. The average molecular weight is 274 g/mol. The van der Waals surface area contributed by atoms with Gasteiger partial charge in [-0.15, -0.1) is 0 Å². The Morgan fingerprint density at radius 2 is 2.20 bits per heavy atom. The fourth-order valence-corrected chi connectivity index (χ4v) is 3.34. The van der Waals surface area contributed by atoms with Crippen LogP contribution in [0.2, 0.25) is 0 Å². The maximum Gasteiger partial charge on any atom is 0.254 e. The van der Waals surface area contributed by atoms with Crippen LogP contribution in [-0.4, -0.2) is 23.9 Å². The second kappa shape index (κ2) is 5.86. The number of hydrogen-bond acceptors (Lipinski definition) is 2. The smallest absolute Gasteiger partial charge is 0.254 e. The third-order valence-corrected chi connectivity index (χ3v) is 4.41. The molecule has 0 aromatic heterocycles. The standard InChI is InChI=1S/C17H26N2O/c1-4-8-17(3)9-5-10-19(12-17)16(20)15-11-14(18)7-6-13(15)2/h6-7,11H,4-5,8-10,12,18H2,1-3H3. The van der Waals surface area contributed by atoms with Gasteiger partial charge >= 0.3 is 0 Å². The molecule has 1 aliphatic heterocycles. The molecule has 3 nitrogen and oxygen atoms in total. The van der Waals surface area contributed by atoms with E-state index < -0.39 is 0 Å². The van der Waals surface area contributed by atoms with Crippen LogP contribution in [0.15, 0.2) is 18.2 Å². The lowest BCUT2D eigenvalue weighted by Gasteiger charge is -2.40. The normalized spacial score (nSPS) is 22.9. The lowest BCUT2D eigenvalue weighted by Crippen LogP contribution is -2.45. The highest BCUT2D eigenvalue weighted by Crippen LogP contribution is 2.34. The first-order valence-electron chi connectivity index (χ1n) is 7.60. The Bertz CT molecular complexity index is 494. The molecule has 0 saturated carbocycles. The van der Waals surface area contributed by atoms with Crippen molar-refractivity contribution in [3.05, 3.63) is 29.3 Å². The van der Waals surface area contributed by atoms with E-state index in [0.717, 1.165) is 30.6 Å². The van der Waals surface area contributed by atoms with Crippen LogP contribution in [0.4, 0.5) is 5.69 Å². The van der Waals surface area contributed by atoms with Crippen LogP contribution >= 0.6 is 0 Å². The number of anilines is 1. The fourth-order valence-electron chi connectivity index (χ4n) is 3.34. The molecule has 1 saturated heterocycles. The van der Waals surface area contributed by atoms with Crippen LogP contribution in [0.1, 0.15) is 55.5 Å². The summed E-state index contributed by atoms with van der Waals surface area (Å²) < 4.78 is 0. The summed E-state index contributed by atoms with van der Waals surface area (Å²) in [7, 11) is 0. The van der Waals surface area contributed by atoms with Crippen molar-refractivity contribution in [1.29, 1.82) is 0 Å². The lowest BCUT2D eigenvalue weighted by atomic mass is 9.78. The van der Waals surface area contributed by atoms with Crippen molar-refractivity contribution in [2.75, 3.05) is 18.8 Å². The largest absolute Gasteiger partial charge is 0.399 e. The number of piperidine rings is 1. The maximum absolute atomic E-state index is 12.7. The molecule has 1 aromatic rings. The van der Waals surface area contributed by atoms with Crippen LogP contribution < -0.4 is 5.73 Å². The van der Waals surface area contributed by atoms with Crippen LogP contribution in [-0.2, 0) is 0 Å². The molecule has 1 fully saturated rings. The molecule has 1 unspecified atom stereocenters. The number of rotatable bonds is 3. The summed E-state index contributed by atoms with van der Waals surface area (Å²) in [5, 5.41) is 0. The summed E-state index contributed by atoms with van der Waals surface area (Å²) in [5.41, 5.74) is 8.52. The molecule has 0 aliphatic carbocycles. The lowest BCUT2D eigenvalue weighted by molar-refractivity contribution is 0.0529. The minimum atomic E-state index is 0.136. The molecule has 1 aromatic carbocycles. The van der Waals surface area contributed by atoms with E-state index in [-0.39, 0.29) is 11.3 Å². The van der Waals surface area contributed by atoms with E-state index in [9.17, 15) is 4.79 Å². The maximum atomic E-state index is 12.7. The zero-order chi connectivity index (χ0) is 14.8. The molecule has 3 heteroatoms. The van der Waals surface area contributed by atoms with E-state index in [1.54, 1.807) is 0 Å². The second-order valence-electron chi connectivity index (χ2n) is 6.47. The van der Waals surface area contributed by atoms with Crippen molar-refractivity contribution < 1.29 is 4.79 Å². The molecule has 1 heterocycles. The molecule has 0 radical (unpaired) electrons. The molecule has 2 N–H and O–H groups in total. The summed E-state index contributed by atoms with van der Waals surface area (Å²) in [6.45, 7) is 8.23. The van der Waals surface area contributed by atoms with Gasteiger partial charge in [0.1, 0.15) is 0 Å². The third kappa shape index (κ3) is 3.14. The van der Waals surface area contributed by atoms with Crippen molar-refractivity contribution >= 4 is 11.6 Å². The van der Waals surface area contributed by atoms with E-state index in [1.165, 1.54) is 19.3 Å². The van der Waals surface area contributed by atoms with Crippen LogP contribution in [0, 0.1) is 12.3 Å². The predicted octanol–water partition coefficient (Wildman–Crippen LogP) is 3.62. The summed E-state index contributed by atoms with van der Waals surface area (Å²) in [6.07, 6.45) is 4.69. The number of amides is 1. The number of likely N-dealkylation sites (tertiary alicyclic amines) is 1. The van der Waals surface area contributed by atoms with Gasteiger partial charge in [0, 0.05) is 24.3 Å². The fraction of sp³-hybridized carbons (Fsp3) is 0.588. The Hall–Kier alpha value is -1.51. The van der Waals surface area contributed by atoms with Crippen LogP contribution in [0.3, 0.4) is 0 Å². The average Bonchev–Trinajstić information content (AvgIpc) is 2.40. The highest BCUT2D eigenvalue weighted by molar-refractivity contribution is 5.96. The number of nitrogen functional groups attached to an aromatic ring is 1. The van der Waals surface area contributed by atoms with E-state index in [1.807, 2.05) is 30.0 Å². The van der Waals surface area contributed by atoms with Gasteiger partial charge in [-0.1, -0.05) is 26.3 Å². The topological polar surface area (TPSA) is 46.3 Å². The quantitative estimate of drug-likeness (QED) is 0.856. The van der Waals surface area contributed by atoms with Crippen LogP contribution in [0.5, 0.6) is 0 Å². The first-order valence-corrected chi connectivity index (χ1v) is 7.60. The van der Waals surface area contributed by atoms with Crippen molar-refractivity contribution in [3.8, 4) is 0 Å². The van der Waals surface area contributed by atoms with Crippen LogP contribution in [0.25, 0.3) is 0 Å². The van der Waals surface area contributed by atoms with E-state index >= 15 is 0 Å². The van der Waals surface area contributed by atoms with Gasteiger partial charge in [0.2, 0.25) is 0 Å². The SMILES string of the molecule is CCCC1(C)CCCN(C(=O)c2cc(N)ccc2C)C1.